The van der Waals surface area contributed by atoms with Gasteiger partial charge < -0.3 is 23.7 Å². The number of hydrogen-bond donors (Lipinski definition) is 0. The van der Waals surface area contributed by atoms with Crippen molar-refractivity contribution in [3.63, 3.8) is 0 Å². The number of nitrogens with zero attached hydrogens (tertiary/aromatic N) is 1. The highest BCUT2D eigenvalue weighted by atomic mass is 79.9. The Kier molecular flexibility index (Phi) is 3.28. The van der Waals surface area contributed by atoms with Gasteiger partial charge >= 0.3 is 0 Å². The highest BCUT2D eigenvalue weighted by Gasteiger charge is 2.66. The van der Waals surface area contributed by atoms with Crippen molar-refractivity contribution < 1.29 is 23.7 Å². The van der Waals surface area contributed by atoms with E-state index < -0.39 is 34.5 Å². The number of ether oxygens (including phenoxy) is 5. The minimum atomic E-state index is -1.45. The van der Waals surface area contributed by atoms with Crippen molar-refractivity contribution in [2.45, 2.75) is 68.3 Å². The normalized spacial score (nSPS) is 49.2. The van der Waals surface area contributed by atoms with Crippen LogP contribution in [0.25, 0.3) is 0 Å². The lowest BCUT2D eigenvalue weighted by Gasteiger charge is -2.27. The van der Waals surface area contributed by atoms with Gasteiger partial charge in [-0.2, -0.15) is 0 Å². The summed E-state index contributed by atoms with van der Waals surface area (Å²) in [5.74, 6) is -1.47. The summed E-state index contributed by atoms with van der Waals surface area (Å²) in [7, 11) is 0. The molecule has 20 heavy (non-hydrogen) atoms. The molecule has 3 aliphatic heterocycles. The molecule has 114 valence electrons. The number of alkyl halides is 1. The molecule has 3 rings (SSSR count). The molecular weight excluding hydrogens is 334 g/mol. The van der Waals surface area contributed by atoms with E-state index in [0.717, 1.165) is 0 Å². The summed E-state index contributed by atoms with van der Waals surface area (Å²) in [6.07, 6.45) is -1.88. The van der Waals surface area contributed by atoms with Crippen molar-refractivity contribution in [3.8, 4) is 0 Å². The fourth-order valence-electron chi connectivity index (χ4n) is 2.87. The zero-order chi connectivity index (χ0) is 14.8. The third-order valence-electron chi connectivity index (χ3n) is 3.63. The van der Waals surface area contributed by atoms with Crippen LogP contribution in [0.5, 0.6) is 0 Å². The van der Waals surface area contributed by atoms with Crippen LogP contribution >= 0.6 is 15.9 Å². The van der Waals surface area contributed by atoms with E-state index in [1.165, 1.54) is 0 Å². The predicted molar refractivity (Wildman–Crippen MR) is 71.1 cm³/mol. The molecule has 0 saturated carbocycles. The Bertz CT molecular complexity index is 430. The molecule has 0 spiro atoms. The first-order valence-electron chi connectivity index (χ1n) is 6.54. The van der Waals surface area contributed by atoms with Crippen LogP contribution in [0.3, 0.4) is 0 Å². The minimum absolute atomic E-state index is 0.337. The van der Waals surface area contributed by atoms with E-state index >= 15 is 0 Å². The van der Waals surface area contributed by atoms with E-state index in [-0.39, 0.29) is 6.10 Å². The van der Waals surface area contributed by atoms with Crippen LogP contribution in [0.15, 0.2) is 5.18 Å². The van der Waals surface area contributed by atoms with Gasteiger partial charge in [0.25, 0.3) is 4.63 Å². The Labute approximate surface area is 125 Å². The summed E-state index contributed by atoms with van der Waals surface area (Å²) in [6, 6.07) is 0. The average molecular weight is 352 g/mol. The Morgan fingerprint density at radius 3 is 2.25 bits per heavy atom. The fraction of sp³-hybridized carbons (Fsp3) is 1.00. The molecule has 0 aromatic rings. The summed E-state index contributed by atoms with van der Waals surface area (Å²) in [5, 5.41) is 3.03. The SMILES string of the molecule is CC1(C)OC[C@H]([C@H]2O[C@@](Br)(N=O)[C@H]3OC(C)(C)O[C@@H]23)O1. The molecule has 0 N–H and O–H groups in total. The highest BCUT2D eigenvalue weighted by Crippen LogP contribution is 2.49. The van der Waals surface area contributed by atoms with Crippen molar-refractivity contribution in [2.75, 3.05) is 6.61 Å². The standard InChI is InChI=1S/C12H18BrNO6/c1-10(2)16-5-6(17-10)7-8-9(12(13,14-15)19-7)20-11(3,4)18-8/h6-9H,5H2,1-4H3/t6-,7-,8+,9+,12+/m1/s1. The predicted octanol–water partition coefficient (Wildman–Crippen LogP) is 1.87. The molecule has 3 aliphatic rings. The van der Waals surface area contributed by atoms with Gasteiger partial charge in [-0.15, -0.1) is 4.91 Å². The van der Waals surface area contributed by atoms with E-state index in [9.17, 15) is 4.91 Å². The molecule has 0 radical (unpaired) electrons. The van der Waals surface area contributed by atoms with Gasteiger partial charge in [-0.3, -0.25) is 0 Å². The molecule has 0 aliphatic carbocycles. The van der Waals surface area contributed by atoms with Crippen molar-refractivity contribution >= 4 is 15.9 Å². The van der Waals surface area contributed by atoms with Gasteiger partial charge in [-0.05, 0) is 48.8 Å². The maximum absolute atomic E-state index is 11.1. The quantitative estimate of drug-likeness (QED) is 0.429. The van der Waals surface area contributed by atoms with Crippen LogP contribution in [-0.2, 0) is 23.7 Å². The monoisotopic (exact) mass is 351 g/mol. The van der Waals surface area contributed by atoms with E-state index in [1.54, 1.807) is 13.8 Å². The van der Waals surface area contributed by atoms with Crippen LogP contribution in [0.4, 0.5) is 0 Å². The van der Waals surface area contributed by atoms with Crippen LogP contribution in [0, 0.1) is 4.91 Å². The molecule has 7 nitrogen and oxygen atoms in total. The summed E-state index contributed by atoms with van der Waals surface area (Å²) in [6.45, 7) is 7.60. The van der Waals surface area contributed by atoms with Crippen LogP contribution in [0.1, 0.15) is 27.7 Å². The second-order valence-electron chi connectivity index (χ2n) is 6.17. The molecule has 3 heterocycles. The number of hydrogen-bond acceptors (Lipinski definition) is 7. The zero-order valence-corrected chi connectivity index (χ0v) is 13.4. The number of nitroso groups, excluding NO2 is 1. The van der Waals surface area contributed by atoms with Crippen LogP contribution in [-0.4, -0.2) is 47.2 Å². The number of fused-ring (bicyclic) bond motifs is 1. The maximum atomic E-state index is 11.1. The molecule has 0 aromatic carbocycles. The van der Waals surface area contributed by atoms with Crippen molar-refractivity contribution in [1.82, 2.24) is 0 Å². The lowest BCUT2D eigenvalue weighted by Crippen LogP contribution is -2.40. The first-order valence-corrected chi connectivity index (χ1v) is 7.34. The summed E-state index contributed by atoms with van der Waals surface area (Å²) in [5.41, 5.74) is 0. The third-order valence-corrected chi connectivity index (χ3v) is 4.41. The first kappa shape index (κ1) is 14.8. The first-order chi connectivity index (χ1) is 9.16. The van der Waals surface area contributed by atoms with Gasteiger partial charge in [0.2, 0.25) is 0 Å². The van der Waals surface area contributed by atoms with Gasteiger partial charge in [0.05, 0.1) is 6.61 Å². The zero-order valence-electron chi connectivity index (χ0n) is 11.8. The average Bonchev–Trinajstić information content (AvgIpc) is 2.92. The van der Waals surface area contributed by atoms with E-state index in [2.05, 4.69) is 21.1 Å². The Morgan fingerprint density at radius 1 is 1.00 bits per heavy atom. The second-order valence-corrected chi connectivity index (χ2v) is 7.31. The van der Waals surface area contributed by atoms with Gasteiger partial charge in [0, 0.05) is 0 Å². The van der Waals surface area contributed by atoms with Gasteiger partial charge in [0.15, 0.2) is 17.7 Å². The fourth-order valence-corrected chi connectivity index (χ4v) is 3.44. The van der Waals surface area contributed by atoms with E-state index in [4.69, 9.17) is 23.7 Å². The van der Waals surface area contributed by atoms with Gasteiger partial charge in [-0.1, -0.05) is 0 Å². The summed E-state index contributed by atoms with van der Waals surface area (Å²) >= 11 is 3.22. The van der Waals surface area contributed by atoms with Crippen LogP contribution < -0.4 is 0 Å². The highest BCUT2D eigenvalue weighted by molar-refractivity contribution is 9.10. The van der Waals surface area contributed by atoms with E-state index in [0.29, 0.717) is 6.61 Å². The minimum Gasteiger partial charge on any atom is -0.348 e. The molecule has 0 unspecified atom stereocenters. The number of halogens is 1. The third kappa shape index (κ3) is 2.32. The Morgan fingerprint density at radius 2 is 1.70 bits per heavy atom. The molecule has 0 aromatic heterocycles. The van der Waals surface area contributed by atoms with Crippen LogP contribution in [0.2, 0.25) is 0 Å². The molecule has 8 heteroatoms. The van der Waals surface area contributed by atoms with Crippen molar-refractivity contribution in [3.05, 3.63) is 4.91 Å². The Balaban J connectivity index is 1.84. The number of rotatable bonds is 2. The van der Waals surface area contributed by atoms with Crippen molar-refractivity contribution in [1.29, 1.82) is 0 Å². The Hall–Kier alpha value is -0.120. The molecule has 3 saturated heterocycles. The molecular formula is C12H18BrNO6. The largest absolute Gasteiger partial charge is 0.348 e. The van der Waals surface area contributed by atoms with Gasteiger partial charge in [0.1, 0.15) is 18.3 Å². The molecule has 3 fully saturated rings. The smallest absolute Gasteiger partial charge is 0.285 e. The second kappa shape index (κ2) is 4.44. The summed E-state index contributed by atoms with van der Waals surface area (Å²) in [4.78, 5) is 11.1. The van der Waals surface area contributed by atoms with Gasteiger partial charge in [-0.25, -0.2) is 0 Å². The molecule has 0 bridgehead atoms. The lowest BCUT2D eigenvalue weighted by atomic mass is 10.1. The van der Waals surface area contributed by atoms with E-state index in [1.807, 2.05) is 13.8 Å². The molecule has 0 amide bonds. The summed E-state index contributed by atoms with van der Waals surface area (Å²) < 4.78 is 27.2. The molecule has 5 atom stereocenters. The topological polar surface area (TPSA) is 75.6 Å². The lowest BCUT2D eigenvalue weighted by molar-refractivity contribution is -0.209. The van der Waals surface area contributed by atoms with Crippen molar-refractivity contribution in [2.24, 2.45) is 5.18 Å². The maximum Gasteiger partial charge on any atom is 0.285 e.